The fraction of sp³-hybridized carbons (Fsp3) is 1.00. The van der Waals surface area contributed by atoms with E-state index < -0.39 is 13.2 Å². The van der Waals surface area contributed by atoms with Gasteiger partial charge in [0.05, 0.1) is 0 Å². The molecule has 0 bridgehead atoms. The van der Waals surface area contributed by atoms with E-state index in [1.165, 1.54) is 0 Å². The molecule has 0 saturated carbocycles. The van der Waals surface area contributed by atoms with Gasteiger partial charge in [-0.15, -0.1) is 0 Å². The maximum Gasteiger partial charge on any atom is 0.573 e. The second-order valence-corrected chi connectivity index (χ2v) is 0.915. The summed E-state index contributed by atoms with van der Waals surface area (Å²) >= 11 is 0. The maximum atomic E-state index is 10.7. The van der Waals surface area contributed by atoms with Gasteiger partial charge in [-0.25, -0.2) is 0 Å². The van der Waals surface area contributed by atoms with Crippen LogP contribution >= 0.6 is 0 Å². The average Bonchev–Trinajstić information content (AvgIpc) is 1.31. The Labute approximate surface area is 86.6 Å². The standard InChI is InChI=1S/CH2BF3O2.K/c3-1(4,5)2(6)7;/h6-7H;. The molecule has 7 heteroatoms. The maximum absolute atomic E-state index is 10.7. The molecule has 2 N–H and O–H groups in total. The molecular weight excluding hydrogens is 151 g/mol. The van der Waals surface area contributed by atoms with E-state index in [1.54, 1.807) is 0 Å². The zero-order valence-electron chi connectivity index (χ0n) is 4.11. The van der Waals surface area contributed by atoms with Gasteiger partial charge in [0.1, 0.15) is 0 Å². The zero-order valence-corrected chi connectivity index (χ0v) is 7.23. The van der Waals surface area contributed by atoms with Crippen LogP contribution in [0.1, 0.15) is 0 Å². The molecule has 0 aliphatic carbocycles. The summed E-state index contributed by atoms with van der Waals surface area (Å²) in [6.45, 7) is 0. The molecule has 0 unspecified atom stereocenters. The van der Waals surface area contributed by atoms with E-state index in [0.717, 1.165) is 0 Å². The van der Waals surface area contributed by atoms with E-state index >= 15 is 0 Å². The van der Waals surface area contributed by atoms with Gasteiger partial charge in [0.25, 0.3) is 0 Å². The Balaban J connectivity index is 0. The normalized spacial score (nSPS) is 10.1. The molecule has 43 valence electrons. The van der Waals surface area contributed by atoms with Crippen LogP contribution in [0.15, 0.2) is 0 Å². The Bertz CT molecular complexity index is 62.8. The van der Waals surface area contributed by atoms with Crippen molar-refractivity contribution < 1.29 is 23.2 Å². The molecule has 0 aliphatic rings. The fourth-order valence-corrected chi connectivity index (χ4v) is 0. The summed E-state index contributed by atoms with van der Waals surface area (Å²) in [5.74, 6) is 0. The molecule has 0 aromatic carbocycles. The molecule has 0 atom stereocenters. The first-order chi connectivity index (χ1) is 2.94. The van der Waals surface area contributed by atoms with Crippen molar-refractivity contribution in [2.24, 2.45) is 0 Å². The van der Waals surface area contributed by atoms with Crippen LogP contribution in [0, 0.1) is 0 Å². The minimum Gasteiger partial charge on any atom is -0.421 e. The SMILES string of the molecule is OB(O)C(F)(F)F.[K]. The molecule has 0 aromatic heterocycles. The van der Waals surface area contributed by atoms with Crippen molar-refractivity contribution in [1.82, 2.24) is 0 Å². The van der Waals surface area contributed by atoms with Crippen LogP contribution in [0.25, 0.3) is 0 Å². The summed E-state index contributed by atoms with van der Waals surface area (Å²) < 4.78 is 32.0. The molecule has 0 heterocycles. The van der Waals surface area contributed by atoms with Gasteiger partial charge in [0.2, 0.25) is 0 Å². The van der Waals surface area contributed by atoms with Gasteiger partial charge in [0, 0.05) is 51.4 Å². The third-order valence-electron chi connectivity index (χ3n) is 0.293. The summed E-state index contributed by atoms with van der Waals surface area (Å²) in [4.78, 5) is 0. The van der Waals surface area contributed by atoms with Gasteiger partial charge in [-0.05, 0) is 0 Å². The van der Waals surface area contributed by atoms with Crippen molar-refractivity contribution in [3.05, 3.63) is 0 Å². The van der Waals surface area contributed by atoms with E-state index in [0.29, 0.717) is 0 Å². The van der Waals surface area contributed by atoms with Crippen LogP contribution in [-0.2, 0) is 0 Å². The second kappa shape index (κ2) is 4.26. The van der Waals surface area contributed by atoms with Crippen molar-refractivity contribution in [3.63, 3.8) is 0 Å². The van der Waals surface area contributed by atoms with Gasteiger partial charge in [-0.1, -0.05) is 0 Å². The molecule has 0 spiro atoms. The Morgan fingerprint density at radius 2 is 1.25 bits per heavy atom. The predicted molar refractivity (Wildman–Crippen MR) is 22.0 cm³/mol. The first-order valence-electron chi connectivity index (χ1n) is 1.37. The molecule has 2 nitrogen and oxygen atoms in total. The van der Waals surface area contributed by atoms with Gasteiger partial charge in [0.15, 0.2) is 0 Å². The summed E-state index contributed by atoms with van der Waals surface area (Å²) in [5, 5.41) is 14.6. The zero-order chi connectivity index (χ0) is 6.08. The topological polar surface area (TPSA) is 40.5 Å². The monoisotopic (exact) mass is 153 g/mol. The summed E-state index contributed by atoms with van der Waals surface area (Å²) in [5.41, 5.74) is 0. The Morgan fingerprint density at radius 3 is 1.25 bits per heavy atom. The Kier molecular flexibility index (Phi) is 6.46. The molecule has 0 saturated heterocycles. The predicted octanol–water partition coefficient (Wildman–Crippen LogP) is -0.820. The molecule has 0 aromatic rings. The average molecular weight is 153 g/mol. The number of alkyl halides is 3. The van der Waals surface area contributed by atoms with Gasteiger partial charge < -0.3 is 10.0 Å². The van der Waals surface area contributed by atoms with Crippen molar-refractivity contribution in [2.75, 3.05) is 0 Å². The Hall–Kier alpha value is 1.41. The van der Waals surface area contributed by atoms with Crippen LogP contribution < -0.4 is 0 Å². The molecule has 0 rings (SSSR count). The van der Waals surface area contributed by atoms with E-state index in [4.69, 9.17) is 10.0 Å². The third kappa shape index (κ3) is 5.55. The summed E-state index contributed by atoms with van der Waals surface area (Å²) in [6, 6.07) is 0. The van der Waals surface area contributed by atoms with Crippen LogP contribution in [0.2, 0.25) is 0 Å². The van der Waals surface area contributed by atoms with E-state index in [9.17, 15) is 13.2 Å². The fourth-order valence-electron chi connectivity index (χ4n) is 0. The molecular formula is CH2BF3KO2. The first-order valence-corrected chi connectivity index (χ1v) is 1.37. The second-order valence-electron chi connectivity index (χ2n) is 0.915. The van der Waals surface area contributed by atoms with Crippen LogP contribution in [0.3, 0.4) is 0 Å². The van der Waals surface area contributed by atoms with Crippen LogP contribution in [0.5, 0.6) is 0 Å². The Morgan fingerprint density at radius 1 is 1.12 bits per heavy atom. The molecule has 0 fully saturated rings. The van der Waals surface area contributed by atoms with Crippen LogP contribution in [-0.4, -0.2) is 74.6 Å². The van der Waals surface area contributed by atoms with Gasteiger partial charge in [-0.2, -0.15) is 13.2 Å². The summed E-state index contributed by atoms with van der Waals surface area (Å²) in [7, 11) is -3.20. The quantitative estimate of drug-likeness (QED) is 0.446. The van der Waals surface area contributed by atoms with Crippen molar-refractivity contribution in [1.29, 1.82) is 0 Å². The largest absolute Gasteiger partial charge is 0.573 e. The van der Waals surface area contributed by atoms with E-state index in [-0.39, 0.29) is 51.4 Å². The minimum atomic E-state index is -4.89. The van der Waals surface area contributed by atoms with E-state index in [2.05, 4.69) is 0 Å². The molecule has 8 heavy (non-hydrogen) atoms. The first kappa shape index (κ1) is 12.1. The van der Waals surface area contributed by atoms with Gasteiger partial charge in [-0.3, -0.25) is 0 Å². The van der Waals surface area contributed by atoms with Crippen LogP contribution in [0.4, 0.5) is 13.2 Å². The van der Waals surface area contributed by atoms with Gasteiger partial charge >= 0.3 is 13.2 Å². The van der Waals surface area contributed by atoms with Crippen molar-refractivity contribution in [2.45, 2.75) is 6.08 Å². The number of rotatable bonds is 0. The molecule has 0 amide bonds. The van der Waals surface area contributed by atoms with Crippen molar-refractivity contribution >= 4 is 58.5 Å². The number of hydrogen-bond donors (Lipinski definition) is 2. The number of hydrogen-bond acceptors (Lipinski definition) is 2. The summed E-state index contributed by atoms with van der Waals surface area (Å²) in [6.07, 6.45) is -4.89. The minimum absolute atomic E-state index is 0. The third-order valence-corrected chi connectivity index (χ3v) is 0.293. The number of halogens is 3. The van der Waals surface area contributed by atoms with E-state index in [1.807, 2.05) is 0 Å². The van der Waals surface area contributed by atoms with Crippen molar-refractivity contribution in [3.8, 4) is 0 Å². The molecule has 0 aliphatic heterocycles. The smallest absolute Gasteiger partial charge is 0.421 e. The molecule has 1 radical (unpaired) electrons.